The van der Waals surface area contributed by atoms with Crippen LogP contribution in [0.25, 0.3) is 0 Å². The molecule has 0 aromatic heterocycles. The monoisotopic (exact) mass is 222 g/mol. The Morgan fingerprint density at radius 2 is 1.81 bits per heavy atom. The molecule has 84 valence electrons. The van der Waals surface area contributed by atoms with Gasteiger partial charge in [-0.05, 0) is 18.2 Å². The number of hydrogen-bond acceptors (Lipinski definition) is 4. The van der Waals surface area contributed by atoms with Gasteiger partial charge in [-0.1, -0.05) is 0 Å². The van der Waals surface area contributed by atoms with Crippen LogP contribution in [-0.2, 0) is 4.79 Å². The predicted octanol–water partition coefficient (Wildman–Crippen LogP) is 1.46. The number of aliphatic carboxylic acids is 1. The highest BCUT2D eigenvalue weighted by atomic mass is 16.7. The number of rotatable bonds is 2. The molecular weight excluding hydrogens is 212 g/mol. The second kappa shape index (κ2) is 3.23. The van der Waals surface area contributed by atoms with E-state index >= 15 is 0 Å². The van der Waals surface area contributed by atoms with Gasteiger partial charge in [-0.15, -0.1) is 0 Å². The molecule has 0 saturated carbocycles. The number of carboxylic acids is 1. The Kier molecular flexibility index (Phi) is 2.11. The molecule has 0 spiro atoms. The molecule has 16 heavy (non-hydrogen) atoms. The molecule has 1 heterocycles. The largest absolute Gasteiger partial charge is 0.475 e. The van der Waals surface area contributed by atoms with Crippen molar-refractivity contribution >= 4 is 11.8 Å². The molecule has 1 aromatic carbocycles. The van der Waals surface area contributed by atoms with Gasteiger partial charge in [0.15, 0.2) is 11.5 Å². The van der Waals surface area contributed by atoms with E-state index in [0.29, 0.717) is 11.5 Å². The summed E-state index contributed by atoms with van der Waals surface area (Å²) in [6.45, 7) is 3.46. The Bertz CT molecular complexity index is 475. The van der Waals surface area contributed by atoms with Gasteiger partial charge in [-0.25, -0.2) is 4.79 Å². The van der Waals surface area contributed by atoms with Gasteiger partial charge in [0.25, 0.3) is 5.78 Å². The molecule has 0 radical (unpaired) electrons. The molecule has 0 saturated heterocycles. The molecule has 0 atom stereocenters. The molecule has 0 unspecified atom stereocenters. The number of ether oxygens (including phenoxy) is 2. The first-order valence-electron chi connectivity index (χ1n) is 4.69. The number of ketones is 1. The van der Waals surface area contributed by atoms with Crippen molar-refractivity contribution in [2.75, 3.05) is 0 Å². The standard InChI is InChI=1S/C11H10O5/c1-11(2)15-7-4-3-6(5-8(7)16-11)9(12)10(13)14/h3-5H,1-2H3,(H,13,14). The van der Waals surface area contributed by atoms with Crippen LogP contribution in [0.15, 0.2) is 18.2 Å². The molecule has 5 nitrogen and oxygen atoms in total. The lowest BCUT2D eigenvalue weighted by molar-refractivity contribution is -0.131. The Morgan fingerprint density at radius 3 is 2.44 bits per heavy atom. The van der Waals surface area contributed by atoms with Gasteiger partial charge in [0, 0.05) is 19.4 Å². The topological polar surface area (TPSA) is 72.8 Å². The molecule has 1 N–H and O–H groups in total. The first-order chi connectivity index (χ1) is 7.39. The summed E-state index contributed by atoms with van der Waals surface area (Å²) in [4.78, 5) is 21.7. The minimum Gasteiger partial charge on any atom is -0.475 e. The molecular formula is C11H10O5. The zero-order valence-corrected chi connectivity index (χ0v) is 8.81. The van der Waals surface area contributed by atoms with E-state index in [4.69, 9.17) is 14.6 Å². The number of carbonyl (C=O) groups is 2. The van der Waals surface area contributed by atoms with E-state index < -0.39 is 17.5 Å². The van der Waals surface area contributed by atoms with Crippen molar-refractivity contribution in [1.82, 2.24) is 0 Å². The highest BCUT2D eigenvalue weighted by Gasteiger charge is 2.32. The maximum Gasteiger partial charge on any atom is 0.377 e. The van der Waals surface area contributed by atoms with Crippen molar-refractivity contribution in [3.8, 4) is 11.5 Å². The summed E-state index contributed by atoms with van der Waals surface area (Å²) in [5.74, 6) is -2.34. The van der Waals surface area contributed by atoms with E-state index in [2.05, 4.69) is 0 Å². The zero-order chi connectivity index (χ0) is 11.9. The Morgan fingerprint density at radius 1 is 1.19 bits per heavy atom. The average Bonchev–Trinajstić information content (AvgIpc) is 2.48. The van der Waals surface area contributed by atoms with Gasteiger partial charge in [0.05, 0.1) is 0 Å². The third kappa shape index (κ3) is 1.71. The quantitative estimate of drug-likeness (QED) is 0.605. The zero-order valence-electron chi connectivity index (χ0n) is 8.81. The summed E-state index contributed by atoms with van der Waals surface area (Å²) in [7, 11) is 0. The van der Waals surface area contributed by atoms with Crippen molar-refractivity contribution in [3.05, 3.63) is 23.8 Å². The van der Waals surface area contributed by atoms with Crippen LogP contribution in [-0.4, -0.2) is 22.6 Å². The summed E-state index contributed by atoms with van der Waals surface area (Å²) in [5.41, 5.74) is 0.0764. The van der Waals surface area contributed by atoms with Crippen molar-refractivity contribution in [2.24, 2.45) is 0 Å². The summed E-state index contributed by atoms with van der Waals surface area (Å²) in [6, 6.07) is 4.31. The van der Waals surface area contributed by atoms with E-state index in [1.165, 1.54) is 18.2 Å². The minimum absolute atomic E-state index is 0.0764. The second-order valence-electron chi connectivity index (χ2n) is 3.90. The first kappa shape index (κ1) is 10.5. The number of benzene rings is 1. The molecule has 0 fully saturated rings. The molecule has 1 aliphatic heterocycles. The van der Waals surface area contributed by atoms with Crippen LogP contribution in [0, 0.1) is 0 Å². The average molecular weight is 222 g/mol. The number of carboxylic acid groups (broad SMARTS) is 1. The molecule has 1 aliphatic rings. The number of Topliss-reactive ketones (excluding diaryl/α,β-unsaturated/α-hetero) is 1. The summed E-state index contributed by atoms with van der Waals surface area (Å²) in [6.07, 6.45) is 0. The van der Waals surface area contributed by atoms with Gasteiger partial charge >= 0.3 is 5.97 Å². The fraction of sp³-hybridized carbons (Fsp3) is 0.273. The molecule has 0 bridgehead atoms. The normalized spacial score (nSPS) is 15.9. The summed E-state index contributed by atoms with van der Waals surface area (Å²) >= 11 is 0. The SMILES string of the molecule is CC1(C)Oc2ccc(C(=O)C(=O)O)cc2O1. The molecule has 0 amide bonds. The van der Waals surface area contributed by atoms with Gasteiger partial charge < -0.3 is 14.6 Å². The summed E-state index contributed by atoms with van der Waals surface area (Å²) in [5, 5.41) is 8.57. The minimum atomic E-state index is -1.49. The Labute approximate surface area is 91.6 Å². The van der Waals surface area contributed by atoms with E-state index in [9.17, 15) is 9.59 Å². The lowest BCUT2D eigenvalue weighted by Crippen LogP contribution is -2.29. The smallest absolute Gasteiger partial charge is 0.377 e. The van der Waals surface area contributed by atoms with Gasteiger partial charge in [-0.3, -0.25) is 4.79 Å². The number of fused-ring (bicyclic) bond motifs is 1. The summed E-state index contributed by atoms with van der Waals surface area (Å²) < 4.78 is 10.8. The highest BCUT2D eigenvalue weighted by molar-refractivity contribution is 6.39. The van der Waals surface area contributed by atoms with Crippen LogP contribution < -0.4 is 9.47 Å². The molecule has 0 aliphatic carbocycles. The van der Waals surface area contributed by atoms with Crippen LogP contribution in [0.3, 0.4) is 0 Å². The van der Waals surface area contributed by atoms with E-state index in [-0.39, 0.29) is 5.56 Å². The van der Waals surface area contributed by atoms with Crippen molar-refractivity contribution in [2.45, 2.75) is 19.6 Å². The van der Waals surface area contributed by atoms with Gasteiger partial charge in [-0.2, -0.15) is 0 Å². The van der Waals surface area contributed by atoms with E-state index in [0.717, 1.165) is 0 Å². The predicted molar refractivity (Wildman–Crippen MR) is 53.7 cm³/mol. The maximum absolute atomic E-state index is 11.2. The van der Waals surface area contributed by atoms with Crippen molar-refractivity contribution in [1.29, 1.82) is 0 Å². The number of carbonyl (C=O) groups excluding carboxylic acids is 1. The van der Waals surface area contributed by atoms with Gasteiger partial charge in [0.1, 0.15) is 0 Å². The van der Waals surface area contributed by atoms with Crippen LogP contribution in [0.1, 0.15) is 24.2 Å². The first-order valence-corrected chi connectivity index (χ1v) is 4.69. The fourth-order valence-electron chi connectivity index (χ4n) is 1.49. The fourth-order valence-corrected chi connectivity index (χ4v) is 1.49. The van der Waals surface area contributed by atoms with E-state index in [1.54, 1.807) is 13.8 Å². The Hall–Kier alpha value is -2.04. The number of hydrogen-bond donors (Lipinski definition) is 1. The third-order valence-electron chi connectivity index (χ3n) is 2.11. The second-order valence-corrected chi connectivity index (χ2v) is 3.90. The van der Waals surface area contributed by atoms with Crippen LogP contribution in [0.2, 0.25) is 0 Å². The lowest BCUT2D eigenvalue weighted by Gasteiger charge is -2.16. The lowest BCUT2D eigenvalue weighted by atomic mass is 10.1. The van der Waals surface area contributed by atoms with Crippen molar-refractivity contribution in [3.63, 3.8) is 0 Å². The maximum atomic E-state index is 11.2. The van der Waals surface area contributed by atoms with E-state index in [1.807, 2.05) is 0 Å². The third-order valence-corrected chi connectivity index (χ3v) is 2.11. The molecule has 5 heteroatoms. The molecule has 2 rings (SSSR count). The van der Waals surface area contributed by atoms with Crippen LogP contribution in [0.5, 0.6) is 11.5 Å². The molecule has 1 aromatic rings. The van der Waals surface area contributed by atoms with Crippen LogP contribution >= 0.6 is 0 Å². The Balaban J connectivity index is 2.36. The van der Waals surface area contributed by atoms with Crippen LogP contribution in [0.4, 0.5) is 0 Å². The van der Waals surface area contributed by atoms with Gasteiger partial charge in [0.2, 0.25) is 5.79 Å². The van der Waals surface area contributed by atoms with Crippen molar-refractivity contribution < 1.29 is 24.2 Å². The highest BCUT2D eigenvalue weighted by Crippen LogP contribution is 2.39.